The van der Waals surface area contributed by atoms with Gasteiger partial charge < -0.3 is 10.6 Å². The van der Waals surface area contributed by atoms with Gasteiger partial charge in [0.1, 0.15) is 5.82 Å². The van der Waals surface area contributed by atoms with Crippen molar-refractivity contribution in [2.45, 2.75) is 35.8 Å². The lowest BCUT2D eigenvalue weighted by Crippen LogP contribution is -2.58. The Labute approximate surface area is 154 Å². The summed E-state index contributed by atoms with van der Waals surface area (Å²) < 4.78 is 36.3. The van der Waals surface area contributed by atoms with Gasteiger partial charge in [-0.05, 0) is 56.5 Å². The fourth-order valence-electron chi connectivity index (χ4n) is 3.53. The minimum atomic E-state index is -3.51. The van der Waals surface area contributed by atoms with Gasteiger partial charge in [0.25, 0.3) is 0 Å². The van der Waals surface area contributed by atoms with Crippen LogP contribution >= 0.6 is 12.4 Å². The second-order valence-corrected chi connectivity index (χ2v) is 9.31. The van der Waals surface area contributed by atoms with Gasteiger partial charge in [-0.1, -0.05) is 12.1 Å². The molecule has 0 radical (unpaired) electrons. The second kappa shape index (κ2) is 7.21. The lowest BCUT2D eigenvalue weighted by molar-refractivity contribution is -0.124. The molecule has 1 saturated heterocycles. The monoisotopic (exact) mass is 390 g/mol. The zero-order valence-corrected chi connectivity index (χ0v) is 15.8. The molecule has 3 rings (SSSR count). The largest absolute Gasteiger partial charge is 0.354 e. The van der Waals surface area contributed by atoms with E-state index in [1.165, 1.54) is 12.1 Å². The SMILES string of the molecule is CS(=O)(=O)C1(C(=O)NCC2(c3ccc(F)cc3)CC2)CCNCC1.Cl. The number of amides is 1. The van der Waals surface area contributed by atoms with Crippen LogP contribution < -0.4 is 10.6 Å². The molecule has 1 saturated carbocycles. The number of sulfone groups is 1. The van der Waals surface area contributed by atoms with Crippen LogP contribution in [0.1, 0.15) is 31.2 Å². The van der Waals surface area contributed by atoms with Crippen molar-refractivity contribution in [1.29, 1.82) is 0 Å². The predicted octanol–water partition coefficient (Wildman–Crippen LogP) is 1.56. The van der Waals surface area contributed by atoms with Crippen LogP contribution in [0.25, 0.3) is 0 Å². The molecule has 1 aromatic carbocycles. The van der Waals surface area contributed by atoms with Gasteiger partial charge in [-0.2, -0.15) is 0 Å². The number of carbonyl (C=O) groups is 1. The van der Waals surface area contributed by atoms with E-state index in [4.69, 9.17) is 0 Å². The van der Waals surface area contributed by atoms with Crippen LogP contribution in [0.2, 0.25) is 0 Å². The molecule has 2 fully saturated rings. The highest BCUT2D eigenvalue weighted by atomic mass is 35.5. The molecule has 0 bridgehead atoms. The van der Waals surface area contributed by atoms with Gasteiger partial charge >= 0.3 is 0 Å². The fraction of sp³-hybridized carbons (Fsp3) is 0.588. The van der Waals surface area contributed by atoms with Crippen LogP contribution in [0.5, 0.6) is 0 Å². The summed E-state index contributed by atoms with van der Waals surface area (Å²) in [6.45, 7) is 1.43. The van der Waals surface area contributed by atoms with Crippen LogP contribution in [0.3, 0.4) is 0 Å². The summed E-state index contributed by atoms with van der Waals surface area (Å²) in [7, 11) is -3.51. The highest BCUT2D eigenvalue weighted by molar-refractivity contribution is 7.92. The molecule has 25 heavy (non-hydrogen) atoms. The summed E-state index contributed by atoms with van der Waals surface area (Å²) >= 11 is 0. The van der Waals surface area contributed by atoms with E-state index in [0.29, 0.717) is 32.5 Å². The zero-order chi connectivity index (χ0) is 17.4. The number of hydrogen-bond acceptors (Lipinski definition) is 4. The Balaban J connectivity index is 0.00000225. The second-order valence-electron chi connectivity index (χ2n) is 6.99. The molecule has 1 aromatic rings. The standard InChI is InChI=1S/C17H23FN2O3S.ClH/c1-24(22,23)17(8-10-19-11-9-17)15(21)20-12-16(6-7-16)13-2-4-14(18)5-3-13;/h2-5,19H,6-12H2,1H3,(H,20,21);1H. The number of rotatable bonds is 5. The van der Waals surface area contributed by atoms with Gasteiger partial charge in [0.2, 0.25) is 5.91 Å². The van der Waals surface area contributed by atoms with Crippen LogP contribution in [-0.2, 0) is 20.0 Å². The number of piperidine rings is 1. The summed E-state index contributed by atoms with van der Waals surface area (Å²) in [5, 5.41) is 5.98. The average Bonchev–Trinajstić information content (AvgIpc) is 3.34. The lowest BCUT2D eigenvalue weighted by Gasteiger charge is -2.35. The average molecular weight is 391 g/mol. The summed E-state index contributed by atoms with van der Waals surface area (Å²) in [6.07, 6.45) is 3.55. The van der Waals surface area contributed by atoms with E-state index in [0.717, 1.165) is 24.7 Å². The molecule has 140 valence electrons. The zero-order valence-electron chi connectivity index (χ0n) is 14.2. The Morgan fingerprint density at radius 1 is 1.16 bits per heavy atom. The minimum Gasteiger partial charge on any atom is -0.354 e. The maximum Gasteiger partial charge on any atom is 0.241 e. The molecule has 1 amide bonds. The van der Waals surface area contributed by atoms with Crippen molar-refractivity contribution in [2.75, 3.05) is 25.9 Å². The molecular formula is C17H24ClFN2O3S. The number of halogens is 2. The van der Waals surface area contributed by atoms with Crippen LogP contribution in [0.15, 0.2) is 24.3 Å². The van der Waals surface area contributed by atoms with Crippen molar-refractivity contribution < 1.29 is 17.6 Å². The van der Waals surface area contributed by atoms with Crippen molar-refractivity contribution in [2.24, 2.45) is 0 Å². The first kappa shape index (κ1) is 20.1. The number of carbonyl (C=O) groups excluding carboxylic acids is 1. The highest BCUT2D eigenvalue weighted by Crippen LogP contribution is 2.47. The number of benzene rings is 1. The summed E-state index contributed by atoms with van der Waals surface area (Å²) in [5.74, 6) is -0.691. The van der Waals surface area contributed by atoms with Gasteiger partial charge in [-0.25, -0.2) is 12.8 Å². The number of nitrogens with one attached hydrogen (secondary N) is 2. The molecule has 1 aliphatic carbocycles. The first-order valence-electron chi connectivity index (χ1n) is 8.24. The molecular weight excluding hydrogens is 367 g/mol. The molecule has 5 nitrogen and oxygen atoms in total. The van der Waals surface area contributed by atoms with E-state index in [9.17, 15) is 17.6 Å². The van der Waals surface area contributed by atoms with Gasteiger partial charge in [-0.3, -0.25) is 4.79 Å². The maximum absolute atomic E-state index is 13.1. The Morgan fingerprint density at radius 2 is 1.72 bits per heavy atom. The van der Waals surface area contributed by atoms with E-state index in [1.807, 2.05) is 0 Å². The Morgan fingerprint density at radius 3 is 2.20 bits per heavy atom. The van der Waals surface area contributed by atoms with E-state index < -0.39 is 20.5 Å². The molecule has 8 heteroatoms. The van der Waals surface area contributed by atoms with Crippen LogP contribution in [0.4, 0.5) is 4.39 Å². The van der Waals surface area contributed by atoms with Gasteiger partial charge in [0.15, 0.2) is 14.6 Å². The molecule has 1 aliphatic heterocycles. The summed E-state index contributed by atoms with van der Waals surface area (Å²) in [6, 6.07) is 6.32. The molecule has 0 unspecified atom stereocenters. The fourth-order valence-corrected chi connectivity index (χ4v) is 4.88. The van der Waals surface area contributed by atoms with Crippen molar-refractivity contribution in [1.82, 2.24) is 10.6 Å². The third-order valence-electron chi connectivity index (χ3n) is 5.43. The molecule has 0 atom stereocenters. The van der Waals surface area contributed by atoms with Crippen molar-refractivity contribution in [3.8, 4) is 0 Å². The summed E-state index contributed by atoms with van der Waals surface area (Å²) in [4.78, 5) is 12.7. The summed E-state index contributed by atoms with van der Waals surface area (Å²) in [5.41, 5.74) is 0.803. The van der Waals surface area contributed by atoms with Crippen LogP contribution in [-0.4, -0.2) is 45.0 Å². The van der Waals surface area contributed by atoms with Gasteiger partial charge in [-0.15, -0.1) is 12.4 Å². The minimum absolute atomic E-state index is 0. The Kier molecular flexibility index (Phi) is 5.81. The Bertz CT molecular complexity index is 727. The molecule has 0 spiro atoms. The molecule has 2 N–H and O–H groups in total. The topological polar surface area (TPSA) is 75.3 Å². The van der Waals surface area contributed by atoms with Crippen molar-refractivity contribution in [3.05, 3.63) is 35.6 Å². The smallest absolute Gasteiger partial charge is 0.241 e. The van der Waals surface area contributed by atoms with Crippen molar-refractivity contribution >= 4 is 28.2 Å². The van der Waals surface area contributed by atoms with E-state index in [1.54, 1.807) is 12.1 Å². The lowest BCUT2D eigenvalue weighted by atomic mass is 9.93. The molecule has 2 aliphatic rings. The maximum atomic E-state index is 13.1. The van der Waals surface area contributed by atoms with Gasteiger partial charge in [0.05, 0.1) is 0 Å². The predicted molar refractivity (Wildman–Crippen MR) is 97.2 cm³/mol. The van der Waals surface area contributed by atoms with E-state index in [2.05, 4.69) is 10.6 Å². The Hall–Kier alpha value is -1.18. The van der Waals surface area contributed by atoms with E-state index >= 15 is 0 Å². The number of hydrogen-bond donors (Lipinski definition) is 2. The van der Waals surface area contributed by atoms with Crippen molar-refractivity contribution in [3.63, 3.8) is 0 Å². The van der Waals surface area contributed by atoms with Crippen LogP contribution in [0, 0.1) is 5.82 Å². The highest BCUT2D eigenvalue weighted by Gasteiger charge is 2.50. The quantitative estimate of drug-likeness (QED) is 0.800. The molecule has 1 heterocycles. The third kappa shape index (κ3) is 3.83. The van der Waals surface area contributed by atoms with Gasteiger partial charge in [0, 0.05) is 18.2 Å². The molecule has 0 aromatic heterocycles. The first-order valence-corrected chi connectivity index (χ1v) is 10.1. The normalized spacial score (nSPS) is 21.0. The van der Waals surface area contributed by atoms with E-state index in [-0.39, 0.29) is 23.6 Å². The third-order valence-corrected chi connectivity index (χ3v) is 7.45. The first-order chi connectivity index (χ1) is 11.3.